The van der Waals surface area contributed by atoms with Gasteiger partial charge in [0, 0.05) is 19.1 Å². The Bertz CT molecular complexity index is 741. The molecular weight excluding hydrogens is 324 g/mol. The maximum atomic E-state index is 12.1. The van der Waals surface area contributed by atoms with Crippen molar-refractivity contribution in [2.24, 2.45) is 0 Å². The standard InChI is InChI=1S/C18H24N2O3S/c1-14-3-9-18(10-4-14)24(22,23)20-12-11-19-15(2)13-16-5-7-17(21)8-6-16/h3-10,15,19-21H,11-13H2,1-2H3/t15-/m0/s1. The number of aromatic hydroxyl groups is 1. The van der Waals surface area contributed by atoms with Crippen LogP contribution in [0.25, 0.3) is 0 Å². The highest BCUT2D eigenvalue weighted by Gasteiger charge is 2.12. The van der Waals surface area contributed by atoms with Gasteiger partial charge >= 0.3 is 0 Å². The molecule has 130 valence electrons. The fourth-order valence-corrected chi connectivity index (χ4v) is 3.39. The van der Waals surface area contributed by atoms with Gasteiger partial charge in [0.25, 0.3) is 0 Å². The summed E-state index contributed by atoms with van der Waals surface area (Å²) in [5.41, 5.74) is 2.15. The summed E-state index contributed by atoms with van der Waals surface area (Å²) in [4.78, 5) is 0.283. The Labute approximate surface area is 143 Å². The predicted octanol–water partition coefficient (Wildman–Crippen LogP) is 2.20. The number of rotatable bonds is 8. The fourth-order valence-electron chi connectivity index (χ4n) is 2.36. The monoisotopic (exact) mass is 348 g/mol. The summed E-state index contributed by atoms with van der Waals surface area (Å²) in [7, 11) is -3.46. The second-order valence-corrected chi connectivity index (χ2v) is 7.70. The molecule has 0 saturated carbocycles. The molecule has 0 heterocycles. The molecule has 1 atom stereocenters. The van der Waals surface area contributed by atoms with Gasteiger partial charge in [-0.15, -0.1) is 0 Å². The van der Waals surface area contributed by atoms with Crippen LogP contribution in [0.15, 0.2) is 53.4 Å². The summed E-state index contributed by atoms with van der Waals surface area (Å²) in [6, 6.07) is 14.1. The summed E-state index contributed by atoms with van der Waals surface area (Å²) in [5, 5.41) is 12.6. The molecule has 0 spiro atoms. The van der Waals surface area contributed by atoms with Crippen LogP contribution in [0.4, 0.5) is 0 Å². The SMILES string of the molecule is Cc1ccc(S(=O)(=O)NCCN[C@@H](C)Cc2ccc(O)cc2)cc1. The molecule has 24 heavy (non-hydrogen) atoms. The molecule has 0 aliphatic heterocycles. The molecule has 2 aromatic carbocycles. The van der Waals surface area contributed by atoms with Crippen LogP contribution < -0.4 is 10.0 Å². The van der Waals surface area contributed by atoms with E-state index >= 15 is 0 Å². The van der Waals surface area contributed by atoms with E-state index in [0.29, 0.717) is 13.1 Å². The van der Waals surface area contributed by atoms with Crippen molar-refractivity contribution in [1.29, 1.82) is 0 Å². The first-order valence-corrected chi connectivity index (χ1v) is 9.43. The average Bonchev–Trinajstić information content (AvgIpc) is 2.54. The summed E-state index contributed by atoms with van der Waals surface area (Å²) in [6.07, 6.45) is 0.811. The smallest absolute Gasteiger partial charge is 0.240 e. The number of phenolic OH excluding ortho intramolecular Hbond substituents is 1. The van der Waals surface area contributed by atoms with Crippen LogP contribution in [0, 0.1) is 6.92 Å². The van der Waals surface area contributed by atoms with Gasteiger partial charge in [-0.1, -0.05) is 29.8 Å². The second kappa shape index (κ2) is 8.28. The van der Waals surface area contributed by atoms with Crippen molar-refractivity contribution >= 4 is 10.0 Å². The van der Waals surface area contributed by atoms with Crippen molar-refractivity contribution in [3.8, 4) is 5.75 Å². The minimum atomic E-state index is -3.46. The van der Waals surface area contributed by atoms with Crippen molar-refractivity contribution in [3.63, 3.8) is 0 Å². The number of benzene rings is 2. The molecule has 3 N–H and O–H groups in total. The molecule has 0 aromatic heterocycles. The molecule has 6 heteroatoms. The number of phenols is 1. The summed E-state index contributed by atoms with van der Waals surface area (Å²) < 4.78 is 26.9. The minimum Gasteiger partial charge on any atom is -0.508 e. The highest BCUT2D eigenvalue weighted by atomic mass is 32.2. The molecule has 0 aliphatic carbocycles. The van der Waals surface area contributed by atoms with Crippen LogP contribution in [0.5, 0.6) is 5.75 Å². The minimum absolute atomic E-state index is 0.207. The lowest BCUT2D eigenvalue weighted by molar-refractivity contribution is 0.474. The van der Waals surface area contributed by atoms with Gasteiger partial charge in [-0.3, -0.25) is 0 Å². The highest BCUT2D eigenvalue weighted by molar-refractivity contribution is 7.89. The maximum absolute atomic E-state index is 12.1. The van der Waals surface area contributed by atoms with Crippen molar-refractivity contribution < 1.29 is 13.5 Å². The number of hydrogen-bond acceptors (Lipinski definition) is 4. The zero-order valence-electron chi connectivity index (χ0n) is 14.0. The van der Waals surface area contributed by atoms with Crippen LogP contribution in [-0.2, 0) is 16.4 Å². The Hall–Kier alpha value is -1.89. The van der Waals surface area contributed by atoms with E-state index in [1.807, 2.05) is 26.0 Å². The lowest BCUT2D eigenvalue weighted by atomic mass is 10.1. The van der Waals surface area contributed by atoms with Crippen molar-refractivity contribution in [1.82, 2.24) is 10.0 Å². The van der Waals surface area contributed by atoms with E-state index in [2.05, 4.69) is 10.0 Å². The van der Waals surface area contributed by atoms with E-state index in [-0.39, 0.29) is 16.7 Å². The molecule has 0 unspecified atom stereocenters. The molecule has 0 radical (unpaired) electrons. The predicted molar refractivity (Wildman–Crippen MR) is 95.6 cm³/mol. The number of nitrogens with one attached hydrogen (secondary N) is 2. The first-order valence-electron chi connectivity index (χ1n) is 7.94. The van der Waals surface area contributed by atoms with E-state index in [1.54, 1.807) is 36.4 Å². The van der Waals surface area contributed by atoms with Gasteiger partial charge in [-0.25, -0.2) is 13.1 Å². The Balaban J connectivity index is 1.75. The van der Waals surface area contributed by atoms with Crippen molar-refractivity contribution in [2.45, 2.75) is 31.2 Å². The summed E-state index contributed by atoms with van der Waals surface area (Å²) >= 11 is 0. The van der Waals surface area contributed by atoms with Crippen LogP contribution in [0.3, 0.4) is 0 Å². The van der Waals surface area contributed by atoms with Gasteiger partial charge < -0.3 is 10.4 Å². The third kappa shape index (κ3) is 5.63. The van der Waals surface area contributed by atoms with E-state index < -0.39 is 10.0 Å². The van der Waals surface area contributed by atoms with Gasteiger partial charge in [0.1, 0.15) is 5.75 Å². The molecule has 2 aromatic rings. The van der Waals surface area contributed by atoms with E-state index in [4.69, 9.17) is 0 Å². The first-order chi connectivity index (χ1) is 11.4. The van der Waals surface area contributed by atoms with Crippen LogP contribution >= 0.6 is 0 Å². The molecule has 0 fully saturated rings. The Morgan fingerprint density at radius 3 is 2.25 bits per heavy atom. The Kier molecular flexibility index (Phi) is 6.36. The van der Waals surface area contributed by atoms with Crippen molar-refractivity contribution in [3.05, 3.63) is 59.7 Å². The number of sulfonamides is 1. The van der Waals surface area contributed by atoms with Gasteiger partial charge in [-0.2, -0.15) is 0 Å². The summed E-state index contributed by atoms with van der Waals surface area (Å²) in [6.45, 7) is 4.84. The quantitative estimate of drug-likeness (QED) is 0.639. The van der Waals surface area contributed by atoms with E-state index in [9.17, 15) is 13.5 Å². The Morgan fingerprint density at radius 1 is 1.00 bits per heavy atom. The molecule has 2 rings (SSSR count). The zero-order valence-corrected chi connectivity index (χ0v) is 14.8. The summed E-state index contributed by atoms with van der Waals surface area (Å²) in [5.74, 6) is 0.255. The number of aryl methyl sites for hydroxylation is 1. The topological polar surface area (TPSA) is 78.4 Å². The third-order valence-corrected chi connectivity index (χ3v) is 5.20. The molecule has 0 aliphatic rings. The van der Waals surface area contributed by atoms with Crippen LogP contribution in [0.1, 0.15) is 18.1 Å². The van der Waals surface area contributed by atoms with E-state index in [1.165, 1.54) is 0 Å². The largest absolute Gasteiger partial charge is 0.508 e. The lowest BCUT2D eigenvalue weighted by Gasteiger charge is -2.14. The van der Waals surface area contributed by atoms with Crippen LogP contribution in [-0.4, -0.2) is 32.7 Å². The third-order valence-electron chi connectivity index (χ3n) is 3.72. The van der Waals surface area contributed by atoms with Gasteiger partial charge in [0.15, 0.2) is 0 Å². The van der Waals surface area contributed by atoms with Gasteiger partial charge in [0.2, 0.25) is 10.0 Å². The van der Waals surface area contributed by atoms with Crippen LogP contribution in [0.2, 0.25) is 0 Å². The average molecular weight is 348 g/mol. The normalized spacial score (nSPS) is 12.9. The lowest BCUT2D eigenvalue weighted by Crippen LogP contribution is -2.36. The second-order valence-electron chi connectivity index (χ2n) is 5.94. The highest BCUT2D eigenvalue weighted by Crippen LogP contribution is 2.11. The zero-order chi connectivity index (χ0) is 17.6. The Morgan fingerprint density at radius 2 is 1.62 bits per heavy atom. The molecule has 0 amide bonds. The van der Waals surface area contributed by atoms with Crippen molar-refractivity contribution in [2.75, 3.05) is 13.1 Å². The fraction of sp³-hybridized carbons (Fsp3) is 0.333. The van der Waals surface area contributed by atoms with E-state index in [0.717, 1.165) is 17.5 Å². The van der Waals surface area contributed by atoms with Gasteiger partial charge in [0.05, 0.1) is 4.90 Å². The molecular formula is C18H24N2O3S. The molecule has 0 saturated heterocycles. The molecule has 0 bridgehead atoms. The number of hydrogen-bond donors (Lipinski definition) is 3. The maximum Gasteiger partial charge on any atom is 0.240 e. The van der Waals surface area contributed by atoms with Gasteiger partial charge in [-0.05, 0) is 50.1 Å². The first kappa shape index (κ1) is 18.4. The molecule has 5 nitrogen and oxygen atoms in total.